The fraction of sp³-hybridized carbons (Fsp3) is 0.333. The molecular weight excluding hydrogens is 468 g/mol. The van der Waals surface area contributed by atoms with Gasteiger partial charge in [0.2, 0.25) is 15.9 Å². The number of hydrogen-bond donors (Lipinski definition) is 1. The standard InChI is InChI=1S/C21H25BrN4O3S/c1-3-12-26-19-9-8-16(30(23,28)29)13-18(19)24-20(26)10-11-21(27)25(2)14-15-6-4-5-7-17(15)22/h4-9,13H,3,10-12,14H2,1-2H3,(H2,23,28,29). The van der Waals surface area contributed by atoms with Gasteiger partial charge in [-0.2, -0.15) is 0 Å². The molecule has 3 aromatic rings. The van der Waals surface area contributed by atoms with Crippen molar-refractivity contribution in [3.63, 3.8) is 0 Å². The summed E-state index contributed by atoms with van der Waals surface area (Å²) >= 11 is 3.51. The maximum Gasteiger partial charge on any atom is 0.238 e. The second-order valence-electron chi connectivity index (χ2n) is 7.22. The van der Waals surface area contributed by atoms with Gasteiger partial charge in [-0.15, -0.1) is 0 Å². The Labute approximate surface area is 185 Å². The molecule has 0 bridgehead atoms. The SMILES string of the molecule is CCCn1c(CCC(=O)N(C)Cc2ccccc2Br)nc2cc(S(N)(=O)=O)ccc21. The lowest BCUT2D eigenvalue weighted by atomic mass is 10.2. The predicted octanol–water partition coefficient (Wildman–Crippen LogP) is 3.45. The smallest absolute Gasteiger partial charge is 0.238 e. The molecule has 0 fully saturated rings. The molecule has 160 valence electrons. The monoisotopic (exact) mass is 492 g/mol. The number of aryl methyl sites for hydroxylation is 2. The highest BCUT2D eigenvalue weighted by Crippen LogP contribution is 2.22. The van der Waals surface area contributed by atoms with Crippen LogP contribution in [0.15, 0.2) is 51.8 Å². The van der Waals surface area contributed by atoms with Crippen molar-refractivity contribution in [2.75, 3.05) is 7.05 Å². The number of amides is 1. The zero-order chi connectivity index (χ0) is 21.9. The van der Waals surface area contributed by atoms with Crippen molar-refractivity contribution in [3.05, 3.63) is 58.3 Å². The maximum atomic E-state index is 12.7. The molecular formula is C21H25BrN4O3S. The largest absolute Gasteiger partial charge is 0.341 e. The number of carbonyl (C=O) groups excluding carboxylic acids is 1. The number of primary sulfonamides is 1. The second-order valence-corrected chi connectivity index (χ2v) is 9.63. The zero-order valence-electron chi connectivity index (χ0n) is 17.0. The minimum absolute atomic E-state index is 0.0195. The van der Waals surface area contributed by atoms with Crippen LogP contribution < -0.4 is 5.14 Å². The minimum Gasteiger partial charge on any atom is -0.341 e. The molecule has 0 saturated carbocycles. The minimum atomic E-state index is -3.79. The van der Waals surface area contributed by atoms with Crippen LogP contribution in [-0.4, -0.2) is 35.8 Å². The molecule has 7 nitrogen and oxygen atoms in total. The third kappa shape index (κ3) is 5.08. The van der Waals surface area contributed by atoms with Crippen molar-refractivity contribution in [1.29, 1.82) is 0 Å². The van der Waals surface area contributed by atoms with Crippen LogP contribution in [-0.2, 0) is 34.3 Å². The summed E-state index contributed by atoms with van der Waals surface area (Å²) < 4.78 is 26.3. The average molecular weight is 493 g/mol. The van der Waals surface area contributed by atoms with E-state index in [9.17, 15) is 13.2 Å². The number of hydrogen-bond acceptors (Lipinski definition) is 4. The molecule has 2 N–H and O–H groups in total. The molecule has 1 aromatic heterocycles. The lowest BCUT2D eigenvalue weighted by Crippen LogP contribution is -2.26. The van der Waals surface area contributed by atoms with Gasteiger partial charge in [-0.25, -0.2) is 18.5 Å². The Kier molecular flexibility index (Phi) is 6.95. The first-order valence-corrected chi connectivity index (χ1v) is 12.0. The Morgan fingerprint density at radius 2 is 1.97 bits per heavy atom. The van der Waals surface area contributed by atoms with Crippen molar-refractivity contribution in [2.24, 2.45) is 5.14 Å². The van der Waals surface area contributed by atoms with Crippen LogP contribution in [0.2, 0.25) is 0 Å². The molecule has 1 amide bonds. The second kappa shape index (κ2) is 9.28. The van der Waals surface area contributed by atoms with E-state index in [1.54, 1.807) is 18.0 Å². The van der Waals surface area contributed by atoms with Gasteiger partial charge in [-0.3, -0.25) is 4.79 Å². The Morgan fingerprint density at radius 3 is 2.63 bits per heavy atom. The molecule has 0 radical (unpaired) electrons. The van der Waals surface area contributed by atoms with Gasteiger partial charge < -0.3 is 9.47 Å². The van der Waals surface area contributed by atoms with Gasteiger partial charge in [-0.05, 0) is 36.2 Å². The Bertz CT molecular complexity index is 1170. The van der Waals surface area contributed by atoms with Crippen LogP contribution in [0.25, 0.3) is 11.0 Å². The summed E-state index contributed by atoms with van der Waals surface area (Å²) in [6.45, 7) is 3.32. The van der Waals surface area contributed by atoms with E-state index >= 15 is 0 Å². The summed E-state index contributed by atoms with van der Waals surface area (Å²) in [5.41, 5.74) is 2.45. The van der Waals surface area contributed by atoms with Crippen molar-refractivity contribution in [1.82, 2.24) is 14.5 Å². The summed E-state index contributed by atoms with van der Waals surface area (Å²) in [5.74, 6) is 0.784. The molecule has 0 saturated heterocycles. The van der Waals surface area contributed by atoms with Crippen molar-refractivity contribution >= 4 is 42.9 Å². The van der Waals surface area contributed by atoms with Crippen molar-refractivity contribution in [2.45, 2.75) is 44.2 Å². The van der Waals surface area contributed by atoms with E-state index in [-0.39, 0.29) is 10.8 Å². The fourth-order valence-electron chi connectivity index (χ4n) is 3.38. The molecule has 1 heterocycles. The van der Waals surface area contributed by atoms with Gasteiger partial charge in [0, 0.05) is 37.5 Å². The van der Waals surface area contributed by atoms with Crippen LogP contribution in [0.1, 0.15) is 31.2 Å². The number of aromatic nitrogens is 2. The summed E-state index contributed by atoms with van der Waals surface area (Å²) in [6.07, 6.45) is 1.68. The van der Waals surface area contributed by atoms with Crippen molar-refractivity contribution in [3.8, 4) is 0 Å². The van der Waals surface area contributed by atoms with E-state index in [1.807, 2.05) is 28.8 Å². The van der Waals surface area contributed by atoms with E-state index in [4.69, 9.17) is 5.14 Å². The van der Waals surface area contributed by atoms with Gasteiger partial charge in [0.05, 0.1) is 15.9 Å². The number of halogens is 1. The molecule has 0 atom stereocenters. The van der Waals surface area contributed by atoms with Crippen LogP contribution in [0.5, 0.6) is 0 Å². The number of nitrogens with zero attached hydrogens (tertiary/aromatic N) is 3. The molecule has 3 rings (SSSR count). The third-order valence-electron chi connectivity index (χ3n) is 4.93. The Hall–Kier alpha value is -2.23. The van der Waals surface area contributed by atoms with Crippen molar-refractivity contribution < 1.29 is 13.2 Å². The summed E-state index contributed by atoms with van der Waals surface area (Å²) in [5, 5.41) is 5.24. The number of sulfonamides is 1. The highest BCUT2D eigenvalue weighted by atomic mass is 79.9. The molecule has 2 aromatic carbocycles. The molecule has 30 heavy (non-hydrogen) atoms. The van der Waals surface area contributed by atoms with E-state index in [2.05, 4.69) is 27.8 Å². The number of imidazole rings is 1. The number of carbonyl (C=O) groups is 1. The topological polar surface area (TPSA) is 98.3 Å². The number of benzene rings is 2. The average Bonchev–Trinajstić information content (AvgIpc) is 3.04. The van der Waals surface area contributed by atoms with Crippen LogP contribution in [0, 0.1) is 0 Å². The van der Waals surface area contributed by atoms with Gasteiger partial charge in [-0.1, -0.05) is 41.1 Å². The van der Waals surface area contributed by atoms with Gasteiger partial charge in [0.1, 0.15) is 5.82 Å². The highest BCUT2D eigenvalue weighted by Gasteiger charge is 2.17. The van der Waals surface area contributed by atoms with Crippen LogP contribution in [0.4, 0.5) is 0 Å². The first-order valence-electron chi connectivity index (χ1n) is 9.70. The van der Waals surface area contributed by atoms with Gasteiger partial charge in [0.15, 0.2) is 0 Å². The summed E-state index contributed by atoms with van der Waals surface area (Å²) in [4.78, 5) is 19.0. The molecule has 0 unspecified atom stereocenters. The Balaban J connectivity index is 1.78. The first kappa shape index (κ1) is 22.5. The van der Waals surface area contributed by atoms with Crippen LogP contribution >= 0.6 is 15.9 Å². The quantitative estimate of drug-likeness (QED) is 0.520. The van der Waals surface area contributed by atoms with E-state index in [1.165, 1.54) is 12.1 Å². The number of nitrogens with two attached hydrogens (primary N) is 1. The fourth-order valence-corrected chi connectivity index (χ4v) is 4.32. The molecule has 0 aliphatic carbocycles. The summed E-state index contributed by atoms with van der Waals surface area (Å²) in [7, 11) is -2.01. The van der Waals surface area contributed by atoms with E-state index in [0.29, 0.717) is 24.9 Å². The number of fused-ring (bicyclic) bond motifs is 1. The normalized spacial score (nSPS) is 11.7. The van der Waals surface area contributed by atoms with Gasteiger partial charge in [0.25, 0.3) is 0 Å². The third-order valence-corrected chi connectivity index (χ3v) is 6.61. The first-order chi connectivity index (χ1) is 14.2. The molecule has 0 aliphatic rings. The molecule has 0 spiro atoms. The van der Waals surface area contributed by atoms with Crippen LogP contribution in [0.3, 0.4) is 0 Å². The lowest BCUT2D eigenvalue weighted by Gasteiger charge is -2.18. The zero-order valence-corrected chi connectivity index (χ0v) is 19.4. The van der Waals surface area contributed by atoms with E-state index in [0.717, 1.165) is 34.3 Å². The summed E-state index contributed by atoms with van der Waals surface area (Å²) in [6, 6.07) is 12.5. The Morgan fingerprint density at radius 1 is 1.23 bits per heavy atom. The highest BCUT2D eigenvalue weighted by molar-refractivity contribution is 9.10. The van der Waals surface area contributed by atoms with Gasteiger partial charge >= 0.3 is 0 Å². The van der Waals surface area contributed by atoms with E-state index < -0.39 is 10.0 Å². The molecule has 0 aliphatic heterocycles. The lowest BCUT2D eigenvalue weighted by molar-refractivity contribution is -0.130. The number of rotatable bonds is 8. The molecule has 9 heteroatoms. The predicted molar refractivity (Wildman–Crippen MR) is 120 cm³/mol. The maximum absolute atomic E-state index is 12.7.